The number of hydrogen-bond acceptors (Lipinski definition) is 3. The van der Waals surface area contributed by atoms with Gasteiger partial charge in [-0.05, 0) is 6.08 Å². The Kier molecular flexibility index (Phi) is 9.92. The molecule has 0 saturated carbocycles. The number of hydrogen-bond donors (Lipinski definition) is 1. The summed E-state index contributed by atoms with van der Waals surface area (Å²) >= 11 is 0. The third-order valence-electron chi connectivity index (χ3n) is 0.813. The van der Waals surface area contributed by atoms with Gasteiger partial charge in [0.1, 0.15) is 0 Å². The van der Waals surface area contributed by atoms with Gasteiger partial charge in [0.2, 0.25) is 5.91 Å². The number of amides is 1. The number of carbonyl (C=O) groups excluding carboxylic acids is 2. The molecule has 0 aliphatic rings. The second-order valence-corrected chi connectivity index (χ2v) is 1.56. The molecule has 0 aromatic rings. The van der Waals surface area contributed by atoms with Gasteiger partial charge in [-0.1, -0.05) is 13.2 Å². The zero-order valence-corrected chi connectivity index (χ0v) is 9.00. The van der Waals surface area contributed by atoms with Crippen molar-refractivity contribution in [3.05, 3.63) is 25.3 Å². The Balaban J connectivity index is -0.000000500. The fourth-order valence-corrected chi connectivity index (χ4v) is 0.309. The largest absolute Gasteiger partial charge is 1.00 e. The molecule has 0 aliphatic carbocycles. The molecule has 4 nitrogen and oxygen atoms in total. The quantitative estimate of drug-likeness (QED) is 0.218. The Bertz CT molecular complexity index is 176. The summed E-state index contributed by atoms with van der Waals surface area (Å²) in [6.45, 7) is 6.22. The molecule has 12 heavy (non-hydrogen) atoms. The molecule has 0 radical (unpaired) electrons. The first-order valence-electron chi connectivity index (χ1n) is 2.90. The van der Waals surface area contributed by atoms with Crippen LogP contribution >= 0.6 is 0 Å². The number of carbonyl (C=O) groups is 2. The van der Waals surface area contributed by atoms with E-state index in [0.717, 1.165) is 12.2 Å². The minimum Gasteiger partial charge on any atom is -1.00 e. The number of rotatable bonds is 4. The maximum Gasteiger partial charge on any atom is 1.00 e. The summed E-state index contributed by atoms with van der Waals surface area (Å²) in [6, 6.07) is 0. The van der Waals surface area contributed by atoms with Crippen LogP contribution in [0.15, 0.2) is 25.3 Å². The molecular weight excluding hydrogens is 169 g/mol. The van der Waals surface area contributed by atoms with E-state index >= 15 is 0 Å². The van der Waals surface area contributed by atoms with Gasteiger partial charge >= 0.3 is 35.5 Å². The molecule has 0 spiro atoms. The minimum absolute atomic E-state index is 0. The molecule has 0 saturated heterocycles. The van der Waals surface area contributed by atoms with Crippen molar-refractivity contribution in [2.75, 3.05) is 6.73 Å². The van der Waals surface area contributed by atoms with Crippen molar-refractivity contribution in [1.82, 2.24) is 5.32 Å². The van der Waals surface area contributed by atoms with Gasteiger partial charge < -0.3 is 11.5 Å². The zero-order valence-electron chi connectivity index (χ0n) is 8.00. The Hall–Kier alpha value is -0.580. The summed E-state index contributed by atoms with van der Waals surface area (Å²) in [4.78, 5) is 20.8. The van der Waals surface area contributed by atoms with E-state index in [0.29, 0.717) is 0 Å². The van der Waals surface area contributed by atoms with Crippen molar-refractivity contribution in [1.29, 1.82) is 0 Å². The van der Waals surface area contributed by atoms with Gasteiger partial charge in [-0.15, -0.1) is 0 Å². The third-order valence-corrected chi connectivity index (χ3v) is 0.813. The average Bonchev–Trinajstić information content (AvgIpc) is 2.04. The minimum atomic E-state index is -0.575. The average molecular weight is 179 g/mol. The molecular formula is C7H10NNaO3. The molecule has 0 bridgehead atoms. The molecule has 0 aromatic heterocycles. The Labute approximate surface area is 94.4 Å². The molecule has 0 aliphatic heterocycles. The van der Waals surface area contributed by atoms with Crippen molar-refractivity contribution in [2.24, 2.45) is 0 Å². The normalized spacial score (nSPS) is 7.33. The van der Waals surface area contributed by atoms with E-state index in [-0.39, 0.29) is 43.6 Å². The number of nitrogens with one attached hydrogen (secondary N) is 1. The summed E-state index contributed by atoms with van der Waals surface area (Å²) in [5.41, 5.74) is 0. The first kappa shape index (κ1) is 14.0. The SMILES string of the molecule is C=CC(=O)NCOC(=O)C=C.[H-].[Na+]. The van der Waals surface area contributed by atoms with Crippen LogP contribution in [0.1, 0.15) is 1.43 Å². The Morgan fingerprint density at radius 3 is 2.42 bits per heavy atom. The smallest absolute Gasteiger partial charge is 1.00 e. The van der Waals surface area contributed by atoms with E-state index < -0.39 is 5.97 Å². The van der Waals surface area contributed by atoms with Gasteiger partial charge in [-0.2, -0.15) is 0 Å². The fraction of sp³-hybridized carbons (Fsp3) is 0.143. The van der Waals surface area contributed by atoms with Crippen molar-refractivity contribution >= 4 is 11.9 Å². The predicted molar refractivity (Wildman–Crippen MR) is 40.6 cm³/mol. The molecule has 1 amide bonds. The van der Waals surface area contributed by atoms with Gasteiger partial charge in [0, 0.05) is 6.08 Å². The van der Waals surface area contributed by atoms with Crippen molar-refractivity contribution in [3.63, 3.8) is 0 Å². The van der Waals surface area contributed by atoms with Gasteiger partial charge in [0.25, 0.3) is 0 Å². The molecule has 0 atom stereocenters. The maximum atomic E-state index is 10.4. The summed E-state index contributed by atoms with van der Waals surface area (Å²) < 4.78 is 4.43. The van der Waals surface area contributed by atoms with Crippen LogP contribution in [0.3, 0.4) is 0 Å². The number of esters is 1. The molecule has 62 valence electrons. The molecule has 0 heterocycles. The molecule has 0 fully saturated rings. The van der Waals surface area contributed by atoms with E-state index in [2.05, 4.69) is 23.2 Å². The van der Waals surface area contributed by atoms with Crippen molar-refractivity contribution < 1.29 is 45.3 Å². The topological polar surface area (TPSA) is 55.4 Å². The molecule has 1 N–H and O–H groups in total. The second-order valence-electron chi connectivity index (χ2n) is 1.56. The summed E-state index contributed by atoms with van der Waals surface area (Å²) in [6.07, 6.45) is 2.10. The van der Waals surface area contributed by atoms with Crippen LogP contribution in [0, 0.1) is 0 Å². The van der Waals surface area contributed by atoms with Crippen LogP contribution in [0.25, 0.3) is 0 Å². The number of ether oxygens (including phenoxy) is 1. The standard InChI is InChI=1S/C7H9NO3.Na.H/c1-3-6(9)8-5-11-7(10)4-2;;/h3-4H,1-2,5H2,(H,8,9);;/q;+1;-1. The second kappa shape index (κ2) is 8.52. The van der Waals surface area contributed by atoms with Crippen LogP contribution < -0.4 is 34.9 Å². The first-order chi connectivity index (χ1) is 5.20. The van der Waals surface area contributed by atoms with E-state index in [1.165, 1.54) is 0 Å². The summed E-state index contributed by atoms with van der Waals surface area (Å²) in [5, 5.41) is 2.25. The van der Waals surface area contributed by atoms with Gasteiger partial charge in [-0.3, -0.25) is 4.79 Å². The monoisotopic (exact) mass is 179 g/mol. The molecule has 0 rings (SSSR count). The summed E-state index contributed by atoms with van der Waals surface area (Å²) in [5.74, 6) is -0.962. The van der Waals surface area contributed by atoms with Crippen LogP contribution in [-0.4, -0.2) is 18.6 Å². The van der Waals surface area contributed by atoms with Gasteiger partial charge in [0.05, 0.1) is 0 Å². The van der Waals surface area contributed by atoms with E-state index in [1.54, 1.807) is 0 Å². The molecule has 5 heteroatoms. The fourth-order valence-electron chi connectivity index (χ4n) is 0.309. The van der Waals surface area contributed by atoms with Gasteiger partial charge in [-0.25, -0.2) is 4.79 Å². The Morgan fingerprint density at radius 1 is 1.42 bits per heavy atom. The van der Waals surface area contributed by atoms with Crippen LogP contribution in [-0.2, 0) is 14.3 Å². The van der Waals surface area contributed by atoms with E-state index in [1.807, 2.05) is 0 Å². The van der Waals surface area contributed by atoms with E-state index in [9.17, 15) is 9.59 Å². The van der Waals surface area contributed by atoms with Gasteiger partial charge in [0.15, 0.2) is 6.73 Å². The maximum absolute atomic E-state index is 10.4. The zero-order chi connectivity index (χ0) is 8.69. The van der Waals surface area contributed by atoms with E-state index in [4.69, 9.17) is 0 Å². The summed E-state index contributed by atoms with van der Waals surface area (Å²) in [7, 11) is 0. The first-order valence-corrected chi connectivity index (χ1v) is 2.90. The van der Waals surface area contributed by atoms with Crippen molar-refractivity contribution in [3.8, 4) is 0 Å². The van der Waals surface area contributed by atoms with Crippen LogP contribution in [0.5, 0.6) is 0 Å². The van der Waals surface area contributed by atoms with Crippen molar-refractivity contribution in [2.45, 2.75) is 0 Å². The molecule has 0 unspecified atom stereocenters. The molecule has 0 aromatic carbocycles. The van der Waals surface area contributed by atoms with Crippen LogP contribution in [0.2, 0.25) is 0 Å². The van der Waals surface area contributed by atoms with Crippen LogP contribution in [0.4, 0.5) is 0 Å². The predicted octanol–water partition coefficient (Wildman–Crippen LogP) is -2.91. The Morgan fingerprint density at radius 2 is 2.00 bits per heavy atom. The third kappa shape index (κ3) is 7.53.